The number of rotatable bonds is 5. The van der Waals surface area contributed by atoms with Crippen LogP contribution in [0.15, 0.2) is 54.6 Å². The standard InChI is InChI=1S/C15H12F4O2/c1-20-12-9-5-6-10-13(12)21-15(18,19)14(16,17)11-7-3-2-4-8-11/h2-10H,1H3. The lowest BCUT2D eigenvalue weighted by Gasteiger charge is -2.27. The first kappa shape index (κ1) is 15.2. The third-order valence-electron chi connectivity index (χ3n) is 2.81. The summed E-state index contributed by atoms with van der Waals surface area (Å²) >= 11 is 0. The highest BCUT2D eigenvalue weighted by molar-refractivity contribution is 5.40. The zero-order chi connectivity index (χ0) is 15.5. The third-order valence-corrected chi connectivity index (χ3v) is 2.81. The maximum atomic E-state index is 13.9. The average Bonchev–Trinajstić information content (AvgIpc) is 2.48. The molecule has 0 unspecified atom stereocenters. The molecule has 0 atom stereocenters. The van der Waals surface area contributed by atoms with Crippen molar-refractivity contribution in [2.24, 2.45) is 0 Å². The van der Waals surface area contributed by atoms with Crippen LogP contribution in [0.4, 0.5) is 17.6 Å². The average molecular weight is 300 g/mol. The van der Waals surface area contributed by atoms with Crippen molar-refractivity contribution in [1.29, 1.82) is 0 Å². The Morgan fingerprint density at radius 1 is 0.762 bits per heavy atom. The predicted octanol–water partition coefficient (Wildman–Crippen LogP) is 4.46. The van der Waals surface area contributed by atoms with Gasteiger partial charge in [0.2, 0.25) is 0 Å². The number of alkyl halides is 4. The topological polar surface area (TPSA) is 18.5 Å². The van der Waals surface area contributed by atoms with Gasteiger partial charge in [0.25, 0.3) is 0 Å². The van der Waals surface area contributed by atoms with Crippen molar-refractivity contribution in [3.8, 4) is 11.5 Å². The Kier molecular flexibility index (Phi) is 4.06. The van der Waals surface area contributed by atoms with Gasteiger partial charge in [0.1, 0.15) is 0 Å². The molecule has 2 aromatic rings. The van der Waals surface area contributed by atoms with Gasteiger partial charge in [-0.3, -0.25) is 0 Å². The molecule has 6 heteroatoms. The van der Waals surface area contributed by atoms with Crippen LogP contribution in [0.5, 0.6) is 11.5 Å². The summed E-state index contributed by atoms with van der Waals surface area (Å²) in [5.41, 5.74) is -0.829. The SMILES string of the molecule is COc1ccccc1OC(F)(F)C(F)(F)c1ccccc1. The Morgan fingerprint density at radius 3 is 1.86 bits per heavy atom. The second-order valence-electron chi connectivity index (χ2n) is 4.21. The number of halogens is 4. The van der Waals surface area contributed by atoms with Crippen LogP contribution in [0.2, 0.25) is 0 Å². The van der Waals surface area contributed by atoms with Gasteiger partial charge >= 0.3 is 12.0 Å². The summed E-state index contributed by atoms with van der Waals surface area (Å²) in [6.07, 6.45) is -4.72. The second kappa shape index (κ2) is 5.63. The number of hydrogen-bond donors (Lipinski definition) is 0. The van der Waals surface area contributed by atoms with Gasteiger partial charge in [-0.15, -0.1) is 0 Å². The summed E-state index contributed by atoms with van der Waals surface area (Å²) in [5.74, 6) is -4.99. The Hall–Kier alpha value is -2.24. The minimum Gasteiger partial charge on any atom is -0.493 e. The highest BCUT2D eigenvalue weighted by Gasteiger charge is 2.60. The third kappa shape index (κ3) is 2.94. The number of benzene rings is 2. The van der Waals surface area contributed by atoms with Crippen molar-refractivity contribution in [3.63, 3.8) is 0 Å². The quantitative estimate of drug-likeness (QED) is 0.759. The molecular weight excluding hydrogens is 288 g/mol. The van der Waals surface area contributed by atoms with Crippen LogP contribution in [0.25, 0.3) is 0 Å². The maximum absolute atomic E-state index is 13.9. The van der Waals surface area contributed by atoms with Crippen molar-refractivity contribution in [1.82, 2.24) is 0 Å². The van der Waals surface area contributed by atoms with E-state index in [1.54, 1.807) is 0 Å². The van der Waals surface area contributed by atoms with Gasteiger partial charge in [-0.1, -0.05) is 42.5 Å². The molecule has 0 aliphatic rings. The molecule has 0 aliphatic carbocycles. The largest absolute Gasteiger partial charge is 0.493 e. The fraction of sp³-hybridized carbons (Fsp3) is 0.200. The fourth-order valence-corrected chi connectivity index (χ4v) is 1.72. The summed E-state index contributed by atoms with van der Waals surface area (Å²) in [6.45, 7) is 0. The minimum absolute atomic E-state index is 0.0546. The Bertz CT molecular complexity index is 600. The van der Waals surface area contributed by atoms with Crippen LogP contribution < -0.4 is 9.47 Å². The van der Waals surface area contributed by atoms with E-state index in [4.69, 9.17) is 4.74 Å². The second-order valence-corrected chi connectivity index (χ2v) is 4.21. The van der Waals surface area contributed by atoms with Crippen molar-refractivity contribution < 1.29 is 27.0 Å². The van der Waals surface area contributed by atoms with Crippen LogP contribution in [-0.4, -0.2) is 13.2 Å². The van der Waals surface area contributed by atoms with E-state index in [0.717, 1.165) is 18.2 Å². The molecule has 0 fully saturated rings. The van der Waals surface area contributed by atoms with E-state index in [9.17, 15) is 17.6 Å². The molecule has 0 aromatic heterocycles. The van der Waals surface area contributed by atoms with Crippen LogP contribution in [0.3, 0.4) is 0 Å². The number of methoxy groups -OCH3 is 1. The minimum atomic E-state index is -4.72. The molecule has 2 aromatic carbocycles. The first-order valence-electron chi connectivity index (χ1n) is 6.01. The zero-order valence-electron chi connectivity index (χ0n) is 11.0. The number of ether oxygens (including phenoxy) is 2. The maximum Gasteiger partial charge on any atom is 0.469 e. The van der Waals surface area contributed by atoms with E-state index in [1.165, 1.54) is 43.5 Å². The number of hydrogen-bond acceptors (Lipinski definition) is 2. The van der Waals surface area contributed by atoms with E-state index < -0.39 is 23.3 Å². The van der Waals surface area contributed by atoms with Crippen LogP contribution in [0, 0.1) is 0 Å². The lowest BCUT2D eigenvalue weighted by atomic mass is 10.1. The smallest absolute Gasteiger partial charge is 0.469 e. The Labute approximate surface area is 118 Å². The summed E-state index contributed by atoms with van der Waals surface area (Å²) in [4.78, 5) is 0. The van der Waals surface area contributed by atoms with Gasteiger partial charge in [0.15, 0.2) is 11.5 Å². The molecule has 0 saturated heterocycles. The molecule has 0 amide bonds. The van der Waals surface area contributed by atoms with E-state index in [2.05, 4.69) is 4.74 Å². The fourth-order valence-electron chi connectivity index (χ4n) is 1.72. The van der Waals surface area contributed by atoms with Gasteiger partial charge in [-0.25, -0.2) is 0 Å². The van der Waals surface area contributed by atoms with E-state index in [0.29, 0.717) is 0 Å². The van der Waals surface area contributed by atoms with Crippen LogP contribution in [0.1, 0.15) is 5.56 Å². The van der Waals surface area contributed by atoms with Crippen LogP contribution >= 0.6 is 0 Å². The lowest BCUT2D eigenvalue weighted by Crippen LogP contribution is -2.43. The molecule has 0 bridgehead atoms. The molecule has 0 radical (unpaired) electrons. The monoisotopic (exact) mass is 300 g/mol. The molecule has 0 spiro atoms. The first-order valence-corrected chi connectivity index (χ1v) is 6.01. The van der Waals surface area contributed by atoms with Gasteiger partial charge < -0.3 is 9.47 Å². The first-order chi connectivity index (χ1) is 9.88. The summed E-state index contributed by atoms with van der Waals surface area (Å²) < 4.78 is 64.6. The molecule has 21 heavy (non-hydrogen) atoms. The predicted molar refractivity (Wildman–Crippen MR) is 68.9 cm³/mol. The molecule has 0 saturated carbocycles. The van der Waals surface area contributed by atoms with Gasteiger partial charge in [-0.2, -0.15) is 17.6 Å². The Balaban J connectivity index is 2.33. The molecular formula is C15H12F4O2. The molecule has 0 N–H and O–H groups in total. The van der Waals surface area contributed by atoms with Crippen molar-refractivity contribution in [2.75, 3.05) is 7.11 Å². The molecule has 0 aliphatic heterocycles. The van der Waals surface area contributed by atoms with Crippen LogP contribution in [-0.2, 0) is 5.92 Å². The van der Waals surface area contributed by atoms with Crippen molar-refractivity contribution >= 4 is 0 Å². The van der Waals surface area contributed by atoms with Crippen molar-refractivity contribution in [2.45, 2.75) is 12.0 Å². The number of para-hydroxylation sites is 2. The van der Waals surface area contributed by atoms with Gasteiger partial charge in [-0.05, 0) is 12.1 Å². The van der Waals surface area contributed by atoms with E-state index in [1.807, 2.05) is 0 Å². The summed E-state index contributed by atoms with van der Waals surface area (Å²) in [7, 11) is 1.23. The zero-order valence-corrected chi connectivity index (χ0v) is 11.0. The molecule has 0 heterocycles. The Morgan fingerprint density at radius 2 is 1.29 bits per heavy atom. The molecule has 112 valence electrons. The highest BCUT2D eigenvalue weighted by atomic mass is 19.3. The highest BCUT2D eigenvalue weighted by Crippen LogP contribution is 2.45. The van der Waals surface area contributed by atoms with Crippen molar-refractivity contribution in [3.05, 3.63) is 60.2 Å². The normalized spacial score (nSPS) is 12.0. The van der Waals surface area contributed by atoms with Gasteiger partial charge in [0, 0.05) is 5.56 Å². The molecule has 2 rings (SSSR count). The lowest BCUT2D eigenvalue weighted by molar-refractivity contribution is -0.316. The van der Waals surface area contributed by atoms with E-state index in [-0.39, 0.29) is 5.75 Å². The summed E-state index contributed by atoms with van der Waals surface area (Å²) in [6, 6.07) is 11.2. The summed E-state index contributed by atoms with van der Waals surface area (Å²) in [5, 5.41) is 0. The van der Waals surface area contributed by atoms with Gasteiger partial charge in [0.05, 0.1) is 7.11 Å². The molecule has 2 nitrogen and oxygen atoms in total. The van der Waals surface area contributed by atoms with E-state index >= 15 is 0 Å².